The Morgan fingerprint density at radius 2 is 2.04 bits per heavy atom. The molecule has 24 heavy (non-hydrogen) atoms. The van der Waals surface area contributed by atoms with Gasteiger partial charge in [0.15, 0.2) is 0 Å². The summed E-state index contributed by atoms with van der Waals surface area (Å²) in [5.74, 6) is -0.00137. The molecule has 1 aliphatic rings. The number of hydrogen-bond acceptors (Lipinski definition) is 4. The molecule has 128 valence electrons. The van der Waals surface area contributed by atoms with E-state index in [1.54, 1.807) is 11.3 Å². The third kappa shape index (κ3) is 4.42. The molecule has 1 fully saturated rings. The van der Waals surface area contributed by atoms with Gasteiger partial charge in [-0.05, 0) is 57.0 Å². The van der Waals surface area contributed by atoms with Crippen LogP contribution in [0.4, 0.5) is 5.69 Å². The van der Waals surface area contributed by atoms with Crippen LogP contribution in [0.3, 0.4) is 0 Å². The average molecular weight is 343 g/mol. The third-order valence-corrected chi connectivity index (χ3v) is 5.51. The predicted octanol–water partition coefficient (Wildman–Crippen LogP) is 3.93. The molecule has 1 N–H and O–H groups in total. The standard InChI is InChI=1S/C19H25N3OS/c1-14-7-6-8-17(15(14)2)21-18(23)11-16-13-24-19(20-16)12-22-9-4-3-5-10-22/h6-8,13H,3-5,9-12H2,1-2H3,(H,21,23). The first-order valence-corrected chi connectivity index (χ1v) is 9.51. The summed E-state index contributed by atoms with van der Waals surface area (Å²) < 4.78 is 0. The van der Waals surface area contributed by atoms with Crippen LogP contribution in [0.25, 0.3) is 0 Å². The van der Waals surface area contributed by atoms with Gasteiger partial charge in [-0.15, -0.1) is 11.3 Å². The van der Waals surface area contributed by atoms with Crippen LogP contribution in [0.1, 0.15) is 41.1 Å². The van der Waals surface area contributed by atoms with E-state index in [0.29, 0.717) is 6.42 Å². The maximum Gasteiger partial charge on any atom is 0.230 e. The van der Waals surface area contributed by atoms with Crippen molar-refractivity contribution in [2.75, 3.05) is 18.4 Å². The number of amides is 1. The molecule has 1 aliphatic heterocycles. The first-order chi connectivity index (χ1) is 11.6. The van der Waals surface area contributed by atoms with Gasteiger partial charge in [-0.3, -0.25) is 9.69 Å². The van der Waals surface area contributed by atoms with Gasteiger partial charge < -0.3 is 5.32 Å². The molecule has 5 heteroatoms. The fraction of sp³-hybridized carbons (Fsp3) is 0.474. The number of anilines is 1. The van der Waals surface area contributed by atoms with Gasteiger partial charge in [0.2, 0.25) is 5.91 Å². The zero-order chi connectivity index (χ0) is 16.9. The molecule has 2 heterocycles. The number of aryl methyl sites for hydroxylation is 1. The topological polar surface area (TPSA) is 45.2 Å². The summed E-state index contributed by atoms with van der Waals surface area (Å²) in [6, 6.07) is 5.97. The van der Waals surface area contributed by atoms with Crippen molar-refractivity contribution in [1.29, 1.82) is 0 Å². The molecule has 1 amide bonds. The lowest BCUT2D eigenvalue weighted by Gasteiger charge is -2.25. The Labute approximate surface area is 147 Å². The van der Waals surface area contributed by atoms with Crippen LogP contribution in [0.5, 0.6) is 0 Å². The summed E-state index contributed by atoms with van der Waals surface area (Å²) in [5, 5.41) is 6.14. The average Bonchev–Trinajstić information content (AvgIpc) is 2.99. The van der Waals surface area contributed by atoms with Gasteiger partial charge in [0.25, 0.3) is 0 Å². The van der Waals surface area contributed by atoms with Crippen LogP contribution < -0.4 is 5.32 Å². The Kier molecular flexibility index (Phi) is 5.63. The van der Waals surface area contributed by atoms with Crippen molar-refractivity contribution in [3.63, 3.8) is 0 Å². The van der Waals surface area contributed by atoms with Gasteiger partial charge in [0.05, 0.1) is 18.7 Å². The number of carbonyl (C=O) groups is 1. The molecule has 0 saturated carbocycles. The van der Waals surface area contributed by atoms with Crippen molar-refractivity contribution in [2.24, 2.45) is 0 Å². The van der Waals surface area contributed by atoms with Crippen LogP contribution in [0, 0.1) is 13.8 Å². The Morgan fingerprint density at radius 1 is 1.25 bits per heavy atom. The molecule has 0 spiro atoms. The maximum absolute atomic E-state index is 12.3. The van der Waals surface area contributed by atoms with Crippen molar-refractivity contribution >= 4 is 22.9 Å². The molecular weight excluding hydrogens is 318 g/mol. The second-order valence-corrected chi connectivity index (χ2v) is 7.48. The van der Waals surface area contributed by atoms with Gasteiger partial charge in [0.1, 0.15) is 5.01 Å². The third-order valence-electron chi connectivity index (χ3n) is 4.63. The summed E-state index contributed by atoms with van der Waals surface area (Å²) in [6.45, 7) is 7.34. The summed E-state index contributed by atoms with van der Waals surface area (Å²) >= 11 is 1.66. The van der Waals surface area contributed by atoms with E-state index in [2.05, 4.69) is 28.2 Å². The van der Waals surface area contributed by atoms with Gasteiger partial charge in [-0.25, -0.2) is 4.98 Å². The second-order valence-electron chi connectivity index (χ2n) is 6.54. The fourth-order valence-corrected chi connectivity index (χ4v) is 3.89. The molecule has 0 atom stereocenters. The number of hydrogen-bond donors (Lipinski definition) is 1. The predicted molar refractivity (Wildman–Crippen MR) is 99.5 cm³/mol. The molecule has 4 nitrogen and oxygen atoms in total. The van der Waals surface area contributed by atoms with Crippen molar-refractivity contribution in [2.45, 2.75) is 46.1 Å². The van der Waals surface area contributed by atoms with Crippen molar-refractivity contribution in [3.05, 3.63) is 45.4 Å². The highest BCUT2D eigenvalue weighted by Crippen LogP contribution is 2.19. The molecule has 0 aliphatic carbocycles. The summed E-state index contributed by atoms with van der Waals surface area (Å²) in [4.78, 5) is 19.4. The van der Waals surface area contributed by atoms with E-state index in [-0.39, 0.29) is 5.91 Å². The highest BCUT2D eigenvalue weighted by Gasteiger charge is 2.14. The van der Waals surface area contributed by atoms with E-state index in [1.807, 2.05) is 24.4 Å². The van der Waals surface area contributed by atoms with Crippen LogP contribution in [0.15, 0.2) is 23.6 Å². The quantitative estimate of drug-likeness (QED) is 0.895. The lowest BCUT2D eigenvalue weighted by molar-refractivity contribution is -0.115. The van der Waals surface area contributed by atoms with Crippen LogP contribution in [-0.2, 0) is 17.8 Å². The number of benzene rings is 1. The van der Waals surface area contributed by atoms with E-state index in [4.69, 9.17) is 0 Å². The van der Waals surface area contributed by atoms with Crippen molar-refractivity contribution < 1.29 is 4.79 Å². The molecule has 2 aromatic rings. The van der Waals surface area contributed by atoms with E-state index >= 15 is 0 Å². The smallest absolute Gasteiger partial charge is 0.230 e. The van der Waals surface area contributed by atoms with Gasteiger partial charge in [0, 0.05) is 11.1 Å². The number of thiazole rings is 1. The highest BCUT2D eigenvalue weighted by atomic mass is 32.1. The summed E-state index contributed by atoms with van der Waals surface area (Å²) in [7, 11) is 0. The van der Waals surface area contributed by atoms with Crippen molar-refractivity contribution in [1.82, 2.24) is 9.88 Å². The Bertz CT molecular complexity index is 704. The molecule has 0 radical (unpaired) electrons. The van der Waals surface area contributed by atoms with E-state index in [1.165, 1.54) is 37.9 Å². The number of nitrogens with one attached hydrogen (secondary N) is 1. The van der Waals surface area contributed by atoms with Gasteiger partial charge >= 0.3 is 0 Å². The number of nitrogens with zero attached hydrogens (tertiary/aromatic N) is 2. The number of rotatable bonds is 5. The zero-order valence-electron chi connectivity index (χ0n) is 14.5. The lowest BCUT2D eigenvalue weighted by Crippen LogP contribution is -2.29. The lowest BCUT2D eigenvalue weighted by atomic mass is 10.1. The molecule has 1 saturated heterocycles. The highest BCUT2D eigenvalue weighted by molar-refractivity contribution is 7.09. The number of carbonyl (C=O) groups excluding carboxylic acids is 1. The van der Waals surface area contributed by atoms with Gasteiger partial charge in [-0.1, -0.05) is 18.6 Å². The normalized spacial score (nSPS) is 15.4. The molecule has 3 rings (SSSR count). The first-order valence-electron chi connectivity index (χ1n) is 8.63. The molecule has 0 unspecified atom stereocenters. The van der Waals surface area contributed by atoms with Gasteiger partial charge in [-0.2, -0.15) is 0 Å². The largest absolute Gasteiger partial charge is 0.325 e. The second kappa shape index (κ2) is 7.90. The summed E-state index contributed by atoms with van der Waals surface area (Å²) in [6.07, 6.45) is 4.26. The number of aromatic nitrogens is 1. The monoisotopic (exact) mass is 343 g/mol. The molecule has 1 aromatic heterocycles. The Morgan fingerprint density at radius 3 is 2.83 bits per heavy atom. The molecule has 1 aromatic carbocycles. The first kappa shape index (κ1) is 17.1. The van der Waals surface area contributed by atoms with E-state index < -0.39 is 0 Å². The summed E-state index contributed by atoms with van der Waals surface area (Å²) in [5.41, 5.74) is 4.07. The van der Waals surface area contributed by atoms with Crippen LogP contribution in [-0.4, -0.2) is 28.9 Å². The van der Waals surface area contributed by atoms with Crippen molar-refractivity contribution in [3.8, 4) is 0 Å². The Balaban J connectivity index is 1.56. The zero-order valence-corrected chi connectivity index (χ0v) is 15.3. The van der Waals surface area contributed by atoms with Crippen LogP contribution >= 0.6 is 11.3 Å². The number of piperidine rings is 1. The minimum Gasteiger partial charge on any atom is -0.325 e. The number of likely N-dealkylation sites (tertiary alicyclic amines) is 1. The molecular formula is C19H25N3OS. The minimum atomic E-state index is -0.00137. The van der Waals surface area contributed by atoms with E-state index in [0.717, 1.165) is 28.5 Å². The molecule has 0 bridgehead atoms. The fourth-order valence-electron chi connectivity index (χ4n) is 3.06. The van der Waals surface area contributed by atoms with Crippen LogP contribution in [0.2, 0.25) is 0 Å². The van der Waals surface area contributed by atoms with E-state index in [9.17, 15) is 4.79 Å². The maximum atomic E-state index is 12.3. The Hall–Kier alpha value is -1.72. The minimum absolute atomic E-state index is 0.00137. The SMILES string of the molecule is Cc1cccc(NC(=O)Cc2csc(CN3CCCCC3)n2)c1C.